The molecule has 0 saturated carbocycles. The van der Waals surface area contributed by atoms with E-state index in [1.165, 1.54) is 0 Å². The third-order valence-corrected chi connectivity index (χ3v) is 2.64. The monoisotopic (exact) mass is 256 g/mol. The first-order valence-electron chi connectivity index (χ1n) is 5.43. The Morgan fingerprint density at radius 3 is 2.56 bits per heavy atom. The van der Waals surface area contributed by atoms with Gasteiger partial charge in [0.2, 0.25) is 5.95 Å². The quantitative estimate of drug-likeness (QED) is 0.714. The summed E-state index contributed by atoms with van der Waals surface area (Å²) in [5.74, 6) is 0.540. The molecule has 1 N–H and O–H groups in total. The van der Waals surface area contributed by atoms with E-state index in [0.717, 1.165) is 11.2 Å². The molecule has 0 aliphatic carbocycles. The molecular weight excluding hydrogens is 248 g/mol. The Balaban J connectivity index is 1.96. The molecule has 0 aliphatic heterocycles. The summed E-state index contributed by atoms with van der Waals surface area (Å²) in [5, 5.41) is 3.57. The van der Waals surface area contributed by atoms with Gasteiger partial charge in [-0.1, -0.05) is 29.8 Å². The van der Waals surface area contributed by atoms with E-state index in [9.17, 15) is 0 Å². The zero-order valence-electron chi connectivity index (χ0n) is 9.34. The highest BCUT2D eigenvalue weighted by Gasteiger charge is 2.02. The van der Waals surface area contributed by atoms with Crippen LogP contribution in [0.3, 0.4) is 0 Å². The highest BCUT2D eigenvalue weighted by atomic mass is 35.5. The molecule has 0 unspecified atom stereocenters. The first-order chi connectivity index (χ1) is 8.81. The molecule has 88 valence electrons. The zero-order valence-corrected chi connectivity index (χ0v) is 10.1. The lowest BCUT2D eigenvalue weighted by molar-refractivity contribution is 1.19. The molecule has 0 fully saturated rings. The number of pyridine rings is 1. The number of nitrogens with one attached hydrogen (secondary N) is 1. The van der Waals surface area contributed by atoms with Crippen molar-refractivity contribution in [3.05, 3.63) is 53.8 Å². The maximum atomic E-state index is 5.81. The largest absolute Gasteiger partial charge is 0.324 e. The zero-order chi connectivity index (χ0) is 12.4. The van der Waals surface area contributed by atoms with Gasteiger partial charge >= 0.3 is 0 Å². The average molecular weight is 257 g/mol. The van der Waals surface area contributed by atoms with Crippen molar-refractivity contribution in [1.82, 2.24) is 15.0 Å². The first kappa shape index (κ1) is 10.9. The van der Waals surface area contributed by atoms with E-state index in [1.54, 1.807) is 12.3 Å². The van der Waals surface area contributed by atoms with Gasteiger partial charge in [-0.3, -0.25) is 0 Å². The Morgan fingerprint density at radius 1 is 0.889 bits per heavy atom. The summed E-state index contributed by atoms with van der Waals surface area (Å²) < 4.78 is 0. The SMILES string of the molecule is Clc1ccc2nc(Nc3ccccc3)ncc2n1. The number of anilines is 2. The van der Waals surface area contributed by atoms with E-state index < -0.39 is 0 Å². The van der Waals surface area contributed by atoms with Crippen LogP contribution in [0.15, 0.2) is 48.7 Å². The summed E-state index contributed by atoms with van der Waals surface area (Å²) in [6, 6.07) is 13.3. The lowest BCUT2D eigenvalue weighted by Crippen LogP contribution is -1.97. The van der Waals surface area contributed by atoms with Crippen molar-refractivity contribution in [2.75, 3.05) is 5.32 Å². The van der Waals surface area contributed by atoms with E-state index in [-0.39, 0.29) is 0 Å². The second-order valence-electron chi connectivity index (χ2n) is 3.72. The van der Waals surface area contributed by atoms with Gasteiger partial charge in [-0.05, 0) is 24.3 Å². The second kappa shape index (κ2) is 4.58. The van der Waals surface area contributed by atoms with Crippen molar-refractivity contribution < 1.29 is 0 Å². The molecule has 3 aromatic rings. The Labute approximate surface area is 109 Å². The summed E-state index contributed by atoms with van der Waals surface area (Å²) in [4.78, 5) is 12.7. The van der Waals surface area contributed by atoms with E-state index in [0.29, 0.717) is 16.6 Å². The van der Waals surface area contributed by atoms with Crippen molar-refractivity contribution in [3.63, 3.8) is 0 Å². The summed E-state index contributed by atoms with van der Waals surface area (Å²) >= 11 is 5.81. The summed E-state index contributed by atoms with van der Waals surface area (Å²) in [7, 11) is 0. The third-order valence-electron chi connectivity index (χ3n) is 2.43. The van der Waals surface area contributed by atoms with Crippen LogP contribution < -0.4 is 5.32 Å². The molecular formula is C13H9ClN4. The van der Waals surface area contributed by atoms with Gasteiger partial charge in [0.05, 0.1) is 11.7 Å². The topological polar surface area (TPSA) is 50.7 Å². The molecule has 4 nitrogen and oxygen atoms in total. The summed E-state index contributed by atoms with van der Waals surface area (Å²) in [6.45, 7) is 0. The average Bonchev–Trinajstić information content (AvgIpc) is 2.40. The molecule has 2 heterocycles. The van der Waals surface area contributed by atoms with Gasteiger partial charge in [0.15, 0.2) is 0 Å². The molecule has 0 aliphatic rings. The van der Waals surface area contributed by atoms with Crippen molar-refractivity contribution >= 4 is 34.3 Å². The summed E-state index contributed by atoms with van der Waals surface area (Å²) in [6.07, 6.45) is 1.65. The Bertz CT molecular complexity index is 685. The van der Waals surface area contributed by atoms with E-state index in [1.807, 2.05) is 36.4 Å². The molecule has 0 atom stereocenters. The lowest BCUT2D eigenvalue weighted by atomic mass is 10.3. The van der Waals surface area contributed by atoms with Crippen LogP contribution in [-0.4, -0.2) is 15.0 Å². The highest BCUT2D eigenvalue weighted by molar-refractivity contribution is 6.29. The highest BCUT2D eigenvalue weighted by Crippen LogP contribution is 2.16. The maximum absolute atomic E-state index is 5.81. The first-order valence-corrected chi connectivity index (χ1v) is 5.80. The summed E-state index contributed by atoms with van der Waals surface area (Å²) in [5.41, 5.74) is 2.38. The standard InChI is InChI=1S/C13H9ClN4/c14-12-7-6-10-11(17-12)8-15-13(18-10)16-9-4-2-1-3-5-9/h1-8H,(H,15,16,18). The predicted octanol–water partition coefficient (Wildman–Crippen LogP) is 3.42. The van der Waals surface area contributed by atoms with Crippen LogP contribution in [0.5, 0.6) is 0 Å². The number of fused-ring (bicyclic) bond motifs is 1. The second-order valence-corrected chi connectivity index (χ2v) is 4.11. The fourth-order valence-corrected chi connectivity index (χ4v) is 1.76. The molecule has 5 heteroatoms. The third kappa shape index (κ3) is 2.24. The fraction of sp³-hybridized carbons (Fsp3) is 0. The molecule has 1 aromatic carbocycles. The van der Waals surface area contributed by atoms with Crippen LogP contribution in [0.4, 0.5) is 11.6 Å². The molecule has 0 bridgehead atoms. The van der Waals surface area contributed by atoms with Crippen LogP contribution in [0.25, 0.3) is 11.0 Å². The van der Waals surface area contributed by atoms with Gasteiger partial charge in [0.25, 0.3) is 0 Å². The number of nitrogens with zero attached hydrogens (tertiary/aromatic N) is 3. The van der Waals surface area contributed by atoms with Crippen LogP contribution in [-0.2, 0) is 0 Å². The number of rotatable bonds is 2. The van der Waals surface area contributed by atoms with Gasteiger partial charge in [-0.25, -0.2) is 15.0 Å². The number of hydrogen-bond acceptors (Lipinski definition) is 4. The van der Waals surface area contributed by atoms with Crippen LogP contribution in [0.2, 0.25) is 5.15 Å². The molecule has 0 radical (unpaired) electrons. The molecule has 18 heavy (non-hydrogen) atoms. The van der Waals surface area contributed by atoms with Crippen LogP contribution in [0, 0.1) is 0 Å². The molecule has 0 spiro atoms. The van der Waals surface area contributed by atoms with Gasteiger partial charge in [-0.2, -0.15) is 0 Å². The predicted molar refractivity (Wildman–Crippen MR) is 72.1 cm³/mol. The minimum atomic E-state index is 0.440. The fourth-order valence-electron chi connectivity index (χ4n) is 1.61. The van der Waals surface area contributed by atoms with Crippen molar-refractivity contribution in [3.8, 4) is 0 Å². The smallest absolute Gasteiger partial charge is 0.227 e. The normalized spacial score (nSPS) is 10.5. The minimum Gasteiger partial charge on any atom is -0.324 e. The molecule has 0 amide bonds. The van der Waals surface area contributed by atoms with Gasteiger partial charge in [0.1, 0.15) is 10.7 Å². The van der Waals surface area contributed by atoms with Crippen molar-refractivity contribution in [2.45, 2.75) is 0 Å². The van der Waals surface area contributed by atoms with E-state index in [4.69, 9.17) is 11.6 Å². The molecule has 0 saturated heterocycles. The number of aromatic nitrogens is 3. The number of benzene rings is 1. The van der Waals surface area contributed by atoms with E-state index >= 15 is 0 Å². The van der Waals surface area contributed by atoms with Crippen molar-refractivity contribution in [2.24, 2.45) is 0 Å². The maximum Gasteiger partial charge on any atom is 0.227 e. The van der Waals surface area contributed by atoms with Gasteiger partial charge in [0, 0.05) is 5.69 Å². The Morgan fingerprint density at radius 2 is 1.72 bits per heavy atom. The Hall–Kier alpha value is -2.20. The van der Waals surface area contributed by atoms with Crippen molar-refractivity contribution in [1.29, 1.82) is 0 Å². The Kier molecular flexibility index (Phi) is 2.78. The number of para-hydroxylation sites is 1. The van der Waals surface area contributed by atoms with Crippen LogP contribution >= 0.6 is 11.6 Å². The molecule has 2 aromatic heterocycles. The lowest BCUT2D eigenvalue weighted by Gasteiger charge is -2.04. The minimum absolute atomic E-state index is 0.440. The number of halogens is 1. The molecule has 3 rings (SSSR count). The van der Waals surface area contributed by atoms with Gasteiger partial charge in [-0.15, -0.1) is 0 Å². The number of hydrogen-bond donors (Lipinski definition) is 1. The van der Waals surface area contributed by atoms with Gasteiger partial charge < -0.3 is 5.32 Å². The van der Waals surface area contributed by atoms with Crippen LogP contribution in [0.1, 0.15) is 0 Å². The van der Waals surface area contributed by atoms with E-state index in [2.05, 4.69) is 20.3 Å².